The Labute approximate surface area is 120 Å². The Morgan fingerprint density at radius 2 is 2.16 bits per heavy atom. The van der Waals surface area contributed by atoms with E-state index < -0.39 is 0 Å². The van der Waals surface area contributed by atoms with Crippen LogP contribution in [0.5, 0.6) is 0 Å². The Morgan fingerprint density at radius 1 is 1.37 bits per heavy atom. The molecule has 2 unspecified atom stereocenters. The number of hydrogen-bond acceptors (Lipinski definition) is 3. The van der Waals surface area contributed by atoms with Gasteiger partial charge in [-0.05, 0) is 25.8 Å². The van der Waals surface area contributed by atoms with Crippen LogP contribution in [0.4, 0.5) is 0 Å². The zero-order valence-electron chi connectivity index (χ0n) is 11.5. The summed E-state index contributed by atoms with van der Waals surface area (Å²) in [5.74, 6) is 0.443. The third-order valence-electron chi connectivity index (χ3n) is 3.86. The summed E-state index contributed by atoms with van der Waals surface area (Å²) in [6.07, 6.45) is 3.48. The molecular formula is C13H24ClN3O2. The van der Waals surface area contributed by atoms with Crippen LogP contribution in [0.25, 0.3) is 0 Å². The normalized spacial score (nSPS) is 26.7. The lowest BCUT2D eigenvalue weighted by atomic mass is 9.98. The Bertz CT molecular complexity index is 319. The van der Waals surface area contributed by atoms with Gasteiger partial charge in [-0.3, -0.25) is 9.59 Å². The summed E-state index contributed by atoms with van der Waals surface area (Å²) >= 11 is 0. The number of rotatable bonds is 3. The number of carbonyl (C=O) groups is 2. The summed E-state index contributed by atoms with van der Waals surface area (Å²) in [6, 6.07) is 0.148. The molecule has 6 heteroatoms. The number of nitrogens with zero attached hydrogens (tertiary/aromatic N) is 1. The first-order valence-corrected chi connectivity index (χ1v) is 6.99. The minimum atomic E-state index is 0. The van der Waals surface area contributed by atoms with Gasteiger partial charge >= 0.3 is 0 Å². The van der Waals surface area contributed by atoms with Crippen LogP contribution >= 0.6 is 12.4 Å². The zero-order valence-corrected chi connectivity index (χ0v) is 12.3. The largest absolute Gasteiger partial charge is 0.351 e. The molecule has 2 saturated heterocycles. The number of piperidine rings is 1. The number of halogens is 1. The van der Waals surface area contributed by atoms with Crippen LogP contribution in [0.15, 0.2) is 0 Å². The molecule has 0 spiro atoms. The van der Waals surface area contributed by atoms with E-state index >= 15 is 0 Å². The summed E-state index contributed by atoms with van der Waals surface area (Å²) < 4.78 is 0. The SMILES string of the molecule is CCC(=O)N1CCC(NC(=O)C2CCCNC2)C1.Cl. The quantitative estimate of drug-likeness (QED) is 0.797. The summed E-state index contributed by atoms with van der Waals surface area (Å²) in [5, 5.41) is 6.34. The molecular weight excluding hydrogens is 266 g/mol. The third kappa shape index (κ3) is 4.35. The van der Waals surface area contributed by atoms with Crippen LogP contribution in [0, 0.1) is 5.92 Å². The molecule has 2 aliphatic rings. The number of likely N-dealkylation sites (tertiary alicyclic amines) is 1. The van der Waals surface area contributed by atoms with Crippen molar-refractivity contribution >= 4 is 24.2 Å². The van der Waals surface area contributed by atoms with Crippen molar-refractivity contribution in [1.29, 1.82) is 0 Å². The Balaban J connectivity index is 0.00000180. The molecule has 0 aromatic carbocycles. The van der Waals surface area contributed by atoms with E-state index in [1.807, 2.05) is 11.8 Å². The number of amides is 2. The van der Waals surface area contributed by atoms with Gasteiger partial charge in [0.1, 0.15) is 0 Å². The van der Waals surface area contributed by atoms with Crippen molar-refractivity contribution < 1.29 is 9.59 Å². The minimum Gasteiger partial charge on any atom is -0.351 e. The first-order valence-electron chi connectivity index (χ1n) is 6.99. The van der Waals surface area contributed by atoms with E-state index in [1.54, 1.807) is 0 Å². The van der Waals surface area contributed by atoms with Gasteiger partial charge < -0.3 is 15.5 Å². The molecule has 2 atom stereocenters. The second-order valence-electron chi connectivity index (χ2n) is 5.23. The fourth-order valence-electron chi connectivity index (χ4n) is 2.72. The smallest absolute Gasteiger partial charge is 0.224 e. The van der Waals surface area contributed by atoms with Gasteiger partial charge in [0.2, 0.25) is 11.8 Å². The van der Waals surface area contributed by atoms with Crippen molar-refractivity contribution in [3.63, 3.8) is 0 Å². The summed E-state index contributed by atoms with van der Waals surface area (Å²) in [6.45, 7) is 5.14. The van der Waals surface area contributed by atoms with Crippen molar-refractivity contribution in [3.05, 3.63) is 0 Å². The molecule has 2 heterocycles. The third-order valence-corrected chi connectivity index (χ3v) is 3.86. The fraction of sp³-hybridized carbons (Fsp3) is 0.846. The van der Waals surface area contributed by atoms with E-state index in [0.717, 1.165) is 38.9 Å². The van der Waals surface area contributed by atoms with E-state index in [2.05, 4.69) is 10.6 Å². The van der Waals surface area contributed by atoms with E-state index in [4.69, 9.17) is 0 Å². The first-order chi connectivity index (χ1) is 8.70. The molecule has 2 fully saturated rings. The van der Waals surface area contributed by atoms with Crippen molar-refractivity contribution in [2.75, 3.05) is 26.2 Å². The lowest BCUT2D eigenvalue weighted by Crippen LogP contribution is -2.45. The van der Waals surface area contributed by atoms with Gasteiger partial charge in [-0.15, -0.1) is 12.4 Å². The van der Waals surface area contributed by atoms with Crippen LogP contribution in [0.1, 0.15) is 32.6 Å². The Kier molecular flexibility index (Phi) is 6.58. The van der Waals surface area contributed by atoms with E-state index in [9.17, 15) is 9.59 Å². The zero-order chi connectivity index (χ0) is 13.0. The molecule has 19 heavy (non-hydrogen) atoms. The van der Waals surface area contributed by atoms with Crippen molar-refractivity contribution in [2.24, 2.45) is 5.92 Å². The highest BCUT2D eigenvalue weighted by Gasteiger charge is 2.29. The predicted octanol–water partition coefficient (Wildman–Crippen LogP) is 0.535. The van der Waals surface area contributed by atoms with Gasteiger partial charge in [0, 0.05) is 32.1 Å². The van der Waals surface area contributed by atoms with Gasteiger partial charge in [-0.25, -0.2) is 0 Å². The lowest BCUT2D eigenvalue weighted by Gasteiger charge is -2.24. The maximum absolute atomic E-state index is 12.0. The summed E-state index contributed by atoms with van der Waals surface area (Å²) in [5.41, 5.74) is 0. The van der Waals surface area contributed by atoms with Crippen LogP contribution < -0.4 is 10.6 Å². The average Bonchev–Trinajstić information content (AvgIpc) is 2.87. The topological polar surface area (TPSA) is 61.4 Å². The van der Waals surface area contributed by atoms with Gasteiger partial charge in [0.15, 0.2) is 0 Å². The number of nitrogens with one attached hydrogen (secondary N) is 2. The molecule has 0 radical (unpaired) electrons. The Morgan fingerprint density at radius 3 is 2.79 bits per heavy atom. The van der Waals surface area contributed by atoms with Gasteiger partial charge in [-0.1, -0.05) is 6.92 Å². The highest BCUT2D eigenvalue weighted by molar-refractivity contribution is 5.85. The van der Waals surface area contributed by atoms with Crippen LogP contribution in [-0.2, 0) is 9.59 Å². The molecule has 110 valence electrons. The fourth-order valence-corrected chi connectivity index (χ4v) is 2.72. The maximum atomic E-state index is 12.0. The van der Waals surface area contributed by atoms with Gasteiger partial charge in [0.25, 0.3) is 0 Å². The average molecular weight is 290 g/mol. The molecule has 2 N–H and O–H groups in total. The monoisotopic (exact) mass is 289 g/mol. The molecule has 2 aliphatic heterocycles. The molecule has 2 rings (SSSR count). The van der Waals surface area contributed by atoms with Crippen LogP contribution in [0.3, 0.4) is 0 Å². The predicted molar refractivity (Wildman–Crippen MR) is 76.3 cm³/mol. The van der Waals surface area contributed by atoms with E-state index in [1.165, 1.54) is 0 Å². The highest BCUT2D eigenvalue weighted by atomic mass is 35.5. The van der Waals surface area contributed by atoms with Gasteiger partial charge in [-0.2, -0.15) is 0 Å². The van der Waals surface area contributed by atoms with Gasteiger partial charge in [0.05, 0.1) is 5.92 Å². The molecule has 0 saturated carbocycles. The first kappa shape index (κ1) is 16.2. The van der Waals surface area contributed by atoms with E-state index in [-0.39, 0.29) is 36.2 Å². The van der Waals surface area contributed by atoms with Crippen LogP contribution in [-0.4, -0.2) is 48.9 Å². The molecule has 5 nitrogen and oxygen atoms in total. The number of hydrogen-bond donors (Lipinski definition) is 2. The van der Waals surface area contributed by atoms with Crippen molar-refractivity contribution in [2.45, 2.75) is 38.6 Å². The minimum absolute atomic E-state index is 0. The summed E-state index contributed by atoms with van der Waals surface area (Å²) in [4.78, 5) is 25.4. The van der Waals surface area contributed by atoms with E-state index in [0.29, 0.717) is 13.0 Å². The second-order valence-corrected chi connectivity index (χ2v) is 5.23. The molecule has 0 aromatic rings. The molecule has 0 bridgehead atoms. The number of carbonyl (C=O) groups excluding carboxylic acids is 2. The summed E-state index contributed by atoms with van der Waals surface area (Å²) in [7, 11) is 0. The maximum Gasteiger partial charge on any atom is 0.224 e. The van der Waals surface area contributed by atoms with Crippen molar-refractivity contribution in [1.82, 2.24) is 15.5 Å². The highest BCUT2D eigenvalue weighted by Crippen LogP contribution is 2.14. The van der Waals surface area contributed by atoms with Crippen LogP contribution in [0.2, 0.25) is 0 Å². The second kappa shape index (κ2) is 7.70. The molecule has 0 aromatic heterocycles. The molecule has 0 aliphatic carbocycles. The standard InChI is InChI=1S/C13H23N3O2.ClH/c1-2-12(17)16-7-5-11(9-16)15-13(18)10-4-3-6-14-8-10;/h10-11,14H,2-9H2,1H3,(H,15,18);1H. The van der Waals surface area contributed by atoms with Crippen molar-refractivity contribution in [3.8, 4) is 0 Å². The lowest BCUT2D eigenvalue weighted by molar-refractivity contribution is -0.130. The molecule has 2 amide bonds. The Hall–Kier alpha value is -0.810.